The number of nitrogen functional groups attached to an aromatic ring is 1. The van der Waals surface area contributed by atoms with Crippen molar-refractivity contribution in [1.29, 1.82) is 0 Å². The lowest BCUT2D eigenvalue weighted by Gasteiger charge is -2.31. The molecule has 0 bridgehead atoms. The zero-order valence-electron chi connectivity index (χ0n) is 9.59. The van der Waals surface area contributed by atoms with Crippen molar-refractivity contribution in [3.05, 3.63) is 12.3 Å². The van der Waals surface area contributed by atoms with Crippen LogP contribution in [0.1, 0.15) is 19.8 Å². The van der Waals surface area contributed by atoms with Gasteiger partial charge in [0.2, 0.25) is 5.95 Å². The van der Waals surface area contributed by atoms with Gasteiger partial charge in [-0.25, -0.2) is 4.98 Å². The van der Waals surface area contributed by atoms with Crippen LogP contribution in [0.2, 0.25) is 0 Å². The van der Waals surface area contributed by atoms with E-state index in [2.05, 4.69) is 14.9 Å². The van der Waals surface area contributed by atoms with Crippen LogP contribution in [-0.2, 0) is 4.74 Å². The molecule has 0 aliphatic carbocycles. The minimum absolute atomic E-state index is 0.391. The van der Waals surface area contributed by atoms with Crippen molar-refractivity contribution in [3.63, 3.8) is 0 Å². The molecule has 0 atom stereocenters. The Labute approximate surface area is 95.6 Å². The lowest BCUT2D eigenvalue weighted by Crippen LogP contribution is -2.38. The summed E-state index contributed by atoms with van der Waals surface area (Å²) in [4.78, 5) is 10.6. The Balaban J connectivity index is 1.94. The Morgan fingerprint density at radius 1 is 1.50 bits per heavy atom. The Morgan fingerprint density at radius 2 is 2.25 bits per heavy atom. The highest BCUT2D eigenvalue weighted by Gasteiger charge is 2.20. The first-order valence-corrected chi connectivity index (χ1v) is 5.74. The van der Waals surface area contributed by atoms with Crippen LogP contribution in [0.4, 0.5) is 11.8 Å². The summed E-state index contributed by atoms with van der Waals surface area (Å²) in [6.07, 6.45) is 4.16. The molecule has 0 aromatic carbocycles. The first-order valence-electron chi connectivity index (χ1n) is 5.74. The second-order valence-electron chi connectivity index (χ2n) is 3.92. The molecule has 0 amide bonds. The number of anilines is 2. The van der Waals surface area contributed by atoms with Crippen LogP contribution in [0, 0.1) is 0 Å². The molecule has 1 aliphatic rings. The average molecular weight is 222 g/mol. The fourth-order valence-corrected chi connectivity index (χ4v) is 1.97. The van der Waals surface area contributed by atoms with Crippen LogP contribution in [0.5, 0.6) is 0 Å². The molecule has 2 N–H and O–H groups in total. The Bertz CT molecular complexity index is 337. The van der Waals surface area contributed by atoms with Crippen LogP contribution in [0.3, 0.4) is 0 Å². The molecule has 0 unspecified atom stereocenters. The number of piperidine rings is 1. The summed E-state index contributed by atoms with van der Waals surface area (Å²) in [6.45, 7) is 4.70. The molecule has 0 saturated carbocycles. The second kappa shape index (κ2) is 5.12. The molecule has 0 radical (unpaired) electrons. The number of hydrogen-bond acceptors (Lipinski definition) is 5. The fraction of sp³-hybridized carbons (Fsp3) is 0.636. The van der Waals surface area contributed by atoms with Gasteiger partial charge in [0.25, 0.3) is 0 Å². The van der Waals surface area contributed by atoms with Crippen molar-refractivity contribution < 1.29 is 4.74 Å². The molecule has 1 aromatic rings. The van der Waals surface area contributed by atoms with Crippen LogP contribution in [0.15, 0.2) is 12.3 Å². The van der Waals surface area contributed by atoms with E-state index >= 15 is 0 Å². The highest BCUT2D eigenvalue weighted by atomic mass is 16.5. The van der Waals surface area contributed by atoms with E-state index in [0.717, 1.165) is 38.5 Å². The van der Waals surface area contributed by atoms with Gasteiger partial charge in [-0.3, -0.25) is 0 Å². The molecular formula is C11H18N4O. The largest absolute Gasteiger partial charge is 0.384 e. The van der Waals surface area contributed by atoms with Gasteiger partial charge in [0.15, 0.2) is 0 Å². The highest BCUT2D eigenvalue weighted by molar-refractivity contribution is 5.37. The van der Waals surface area contributed by atoms with Crippen LogP contribution < -0.4 is 10.6 Å². The summed E-state index contributed by atoms with van der Waals surface area (Å²) in [7, 11) is 0. The molecule has 5 heteroatoms. The third-order valence-electron chi connectivity index (χ3n) is 2.79. The Hall–Kier alpha value is -1.36. The lowest BCUT2D eigenvalue weighted by molar-refractivity contribution is 0.0457. The Kier molecular flexibility index (Phi) is 3.56. The maximum absolute atomic E-state index is 5.64. The monoisotopic (exact) mass is 222 g/mol. The van der Waals surface area contributed by atoms with Crippen molar-refractivity contribution in [3.8, 4) is 0 Å². The first-order chi connectivity index (χ1) is 7.79. The molecular weight excluding hydrogens is 204 g/mol. The van der Waals surface area contributed by atoms with E-state index in [-0.39, 0.29) is 0 Å². The highest BCUT2D eigenvalue weighted by Crippen LogP contribution is 2.18. The number of ether oxygens (including phenoxy) is 1. The van der Waals surface area contributed by atoms with Gasteiger partial charge in [-0.1, -0.05) is 0 Å². The molecule has 0 spiro atoms. The maximum Gasteiger partial charge on any atom is 0.227 e. The van der Waals surface area contributed by atoms with E-state index in [0.29, 0.717) is 11.9 Å². The molecule has 16 heavy (non-hydrogen) atoms. The lowest BCUT2D eigenvalue weighted by atomic mass is 10.1. The molecule has 2 heterocycles. The second-order valence-corrected chi connectivity index (χ2v) is 3.92. The number of nitrogens with zero attached hydrogens (tertiary/aromatic N) is 3. The molecule has 1 saturated heterocycles. The molecule has 1 aromatic heterocycles. The minimum Gasteiger partial charge on any atom is -0.384 e. The molecule has 88 valence electrons. The maximum atomic E-state index is 5.64. The smallest absolute Gasteiger partial charge is 0.227 e. The zero-order chi connectivity index (χ0) is 11.4. The zero-order valence-corrected chi connectivity index (χ0v) is 9.59. The molecule has 2 rings (SSSR count). The summed E-state index contributed by atoms with van der Waals surface area (Å²) >= 11 is 0. The summed E-state index contributed by atoms with van der Waals surface area (Å²) in [5.74, 6) is 1.26. The topological polar surface area (TPSA) is 64.3 Å². The van der Waals surface area contributed by atoms with Crippen molar-refractivity contribution >= 4 is 11.8 Å². The third-order valence-corrected chi connectivity index (χ3v) is 2.79. The third kappa shape index (κ3) is 2.61. The van der Waals surface area contributed by atoms with E-state index < -0.39 is 0 Å². The summed E-state index contributed by atoms with van der Waals surface area (Å²) in [6, 6.07) is 1.70. The van der Waals surface area contributed by atoms with Crippen molar-refractivity contribution in [2.45, 2.75) is 25.9 Å². The number of rotatable bonds is 3. The van der Waals surface area contributed by atoms with Crippen molar-refractivity contribution in [1.82, 2.24) is 9.97 Å². The normalized spacial score (nSPS) is 17.7. The number of hydrogen-bond donors (Lipinski definition) is 1. The van der Waals surface area contributed by atoms with E-state index in [1.807, 2.05) is 6.92 Å². The predicted octanol–water partition coefficient (Wildman–Crippen LogP) is 1.06. The molecule has 5 nitrogen and oxygen atoms in total. The fourth-order valence-electron chi connectivity index (χ4n) is 1.97. The molecule has 1 fully saturated rings. The van der Waals surface area contributed by atoms with Gasteiger partial charge in [-0.15, -0.1) is 0 Å². The van der Waals surface area contributed by atoms with Gasteiger partial charge in [0.05, 0.1) is 6.10 Å². The standard InChI is InChI=1S/C11H18N4O/c1-2-16-9-4-7-15(8-5-9)11-13-6-3-10(12)14-11/h3,6,9H,2,4-5,7-8H2,1H3,(H2,12,13,14). The Morgan fingerprint density at radius 3 is 2.88 bits per heavy atom. The van der Waals surface area contributed by atoms with Crippen LogP contribution in [0.25, 0.3) is 0 Å². The van der Waals surface area contributed by atoms with Crippen LogP contribution >= 0.6 is 0 Å². The van der Waals surface area contributed by atoms with Crippen molar-refractivity contribution in [2.24, 2.45) is 0 Å². The van der Waals surface area contributed by atoms with E-state index in [1.54, 1.807) is 12.3 Å². The number of nitrogens with two attached hydrogens (primary N) is 1. The van der Waals surface area contributed by atoms with Gasteiger partial charge in [0, 0.05) is 25.9 Å². The summed E-state index contributed by atoms with van der Waals surface area (Å²) in [5.41, 5.74) is 5.64. The number of aromatic nitrogens is 2. The van der Waals surface area contributed by atoms with Gasteiger partial charge in [-0.2, -0.15) is 4.98 Å². The molecule has 1 aliphatic heterocycles. The van der Waals surface area contributed by atoms with E-state index in [4.69, 9.17) is 10.5 Å². The van der Waals surface area contributed by atoms with Gasteiger partial charge in [0.1, 0.15) is 5.82 Å². The van der Waals surface area contributed by atoms with Crippen LogP contribution in [-0.4, -0.2) is 35.8 Å². The summed E-state index contributed by atoms with van der Waals surface area (Å²) < 4.78 is 5.60. The first kappa shape index (κ1) is 11.1. The van der Waals surface area contributed by atoms with E-state index in [1.165, 1.54) is 0 Å². The summed E-state index contributed by atoms with van der Waals surface area (Å²) in [5, 5.41) is 0. The van der Waals surface area contributed by atoms with Gasteiger partial charge >= 0.3 is 0 Å². The van der Waals surface area contributed by atoms with Crippen molar-refractivity contribution in [2.75, 3.05) is 30.3 Å². The van der Waals surface area contributed by atoms with Gasteiger partial charge in [-0.05, 0) is 25.8 Å². The minimum atomic E-state index is 0.391. The van der Waals surface area contributed by atoms with Gasteiger partial charge < -0.3 is 15.4 Å². The average Bonchev–Trinajstić information content (AvgIpc) is 2.30. The van der Waals surface area contributed by atoms with E-state index in [9.17, 15) is 0 Å². The quantitative estimate of drug-likeness (QED) is 0.828. The predicted molar refractivity (Wildman–Crippen MR) is 63.3 cm³/mol. The SMILES string of the molecule is CCOC1CCN(c2nccc(N)n2)CC1.